The Morgan fingerprint density at radius 1 is 1.20 bits per heavy atom. The number of nitrogens with zero attached hydrogens (tertiary/aromatic N) is 2. The molecule has 1 atom stereocenters. The average molecular weight is 425 g/mol. The van der Waals surface area contributed by atoms with Gasteiger partial charge in [0.2, 0.25) is 0 Å². The van der Waals surface area contributed by atoms with Gasteiger partial charge < -0.3 is 15.4 Å². The van der Waals surface area contributed by atoms with Crippen molar-refractivity contribution >= 4 is 38.4 Å². The molecule has 30 heavy (non-hydrogen) atoms. The van der Waals surface area contributed by atoms with E-state index in [1.807, 2.05) is 32.0 Å². The second-order valence-corrected chi connectivity index (χ2v) is 8.70. The molecule has 2 N–H and O–H groups in total. The van der Waals surface area contributed by atoms with E-state index in [0.717, 1.165) is 34.6 Å². The Morgan fingerprint density at radius 3 is 2.83 bits per heavy atom. The maximum atomic E-state index is 12.2. The van der Waals surface area contributed by atoms with Gasteiger partial charge in [0.05, 0.1) is 16.3 Å². The number of rotatable bonds is 6. The van der Waals surface area contributed by atoms with Crippen LogP contribution in [0.15, 0.2) is 36.5 Å². The highest BCUT2D eigenvalue weighted by Crippen LogP contribution is 2.32. The van der Waals surface area contributed by atoms with Gasteiger partial charge >= 0.3 is 0 Å². The summed E-state index contributed by atoms with van der Waals surface area (Å²) in [4.78, 5) is 32.9. The number of ketones is 1. The summed E-state index contributed by atoms with van der Waals surface area (Å²) in [7, 11) is 0. The summed E-state index contributed by atoms with van der Waals surface area (Å²) < 4.78 is 6.91. The lowest BCUT2D eigenvalue weighted by Gasteiger charge is -2.20. The molecule has 1 fully saturated rings. The van der Waals surface area contributed by atoms with Crippen molar-refractivity contribution in [2.45, 2.75) is 51.6 Å². The number of aromatic nitrogens is 2. The number of anilines is 1. The molecule has 8 heteroatoms. The Morgan fingerprint density at radius 2 is 2.03 bits per heavy atom. The van der Waals surface area contributed by atoms with Crippen LogP contribution in [0.5, 0.6) is 11.5 Å². The molecule has 7 nitrogen and oxygen atoms in total. The number of thiazole rings is 1. The smallest absolute Gasteiger partial charge is 0.270 e. The van der Waals surface area contributed by atoms with Gasteiger partial charge in [0, 0.05) is 30.8 Å². The van der Waals surface area contributed by atoms with Gasteiger partial charge in [0.15, 0.2) is 10.9 Å². The fourth-order valence-corrected chi connectivity index (χ4v) is 4.33. The zero-order valence-corrected chi connectivity index (χ0v) is 17.8. The predicted molar refractivity (Wildman–Crippen MR) is 117 cm³/mol. The molecule has 156 valence electrons. The number of benzene rings is 1. The van der Waals surface area contributed by atoms with Crippen molar-refractivity contribution in [1.82, 2.24) is 15.3 Å². The van der Waals surface area contributed by atoms with Crippen molar-refractivity contribution in [1.29, 1.82) is 0 Å². The van der Waals surface area contributed by atoms with Crippen molar-refractivity contribution < 1.29 is 14.3 Å². The number of Topliss-reactive ketones (excluding diaryl/α,β-unsaturated/α-hetero) is 1. The van der Waals surface area contributed by atoms with Crippen molar-refractivity contribution in [3.63, 3.8) is 0 Å². The number of hydrogen-bond acceptors (Lipinski definition) is 7. The highest BCUT2D eigenvalue weighted by molar-refractivity contribution is 7.22. The molecule has 3 aromatic rings. The van der Waals surface area contributed by atoms with Gasteiger partial charge in [-0.25, -0.2) is 4.98 Å². The number of carbonyl (C=O) groups excluding carboxylic acids is 2. The first-order valence-electron chi connectivity index (χ1n) is 10.1. The van der Waals surface area contributed by atoms with Gasteiger partial charge in [-0.05, 0) is 44.9 Å². The Hall–Kier alpha value is -3.00. The third-order valence-corrected chi connectivity index (χ3v) is 5.78. The van der Waals surface area contributed by atoms with E-state index < -0.39 is 0 Å². The maximum Gasteiger partial charge on any atom is 0.270 e. The topological polar surface area (TPSA) is 93.2 Å². The zero-order chi connectivity index (χ0) is 21.1. The molecule has 0 saturated heterocycles. The van der Waals surface area contributed by atoms with E-state index in [2.05, 4.69) is 20.6 Å². The van der Waals surface area contributed by atoms with E-state index in [4.69, 9.17) is 4.74 Å². The van der Waals surface area contributed by atoms with Crippen molar-refractivity contribution in [2.75, 3.05) is 5.32 Å². The average Bonchev–Trinajstić information content (AvgIpc) is 3.11. The number of amides is 1. The summed E-state index contributed by atoms with van der Waals surface area (Å²) >= 11 is 1.50. The summed E-state index contributed by atoms with van der Waals surface area (Å²) in [6.45, 7) is 3.80. The van der Waals surface area contributed by atoms with E-state index in [1.54, 1.807) is 18.3 Å². The van der Waals surface area contributed by atoms with Gasteiger partial charge in [0.1, 0.15) is 17.2 Å². The molecule has 0 radical (unpaired) electrons. The highest BCUT2D eigenvalue weighted by atomic mass is 32.1. The first-order chi connectivity index (χ1) is 14.5. The molecular weight excluding hydrogens is 400 g/mol. The molecule has 1 amide bonds. The van der Waals surface area contributed by atoms with Gasteiger partial charge in [-0.3, -0.25) is 14.6 Å². The van der Waals surface area contributed by atoms with E-state index in [1.165, 1.54) is 11.3 Å². The minimum atomic E-state index is -0.235. The van der Waals surface area contributed by atoms with Crippen molar-refractivity contribution in [2.24, 2.45) is 0 Å². The van der Waals surface area contributed by atoms with Crippen LogP contribution >= 0.6 is 11.3 Å². The third-order valence-electron chi connectivity index (χ3n) is 4.83. The van der Waals surface area contributed by atoms with Crippen LogP contribution in [0.4, 0.5) is 5.13 Å². The van der Waals surface area contributed by atoms with Crippen molar-refractivity contribution in [3.05, 3.63) is 42.2 Å². The number of pyridine rings is 1. The van der Waals surface area contributed by atoms with Crippen LogP contribution in [0.3, 0.4) is 0 Å². The normalized spacial score (nSPS) is 16.6. The standard InChI is InChI=1S/C22H24N4O3S/c1-13(2)24-21(28)18-11-15(9-10-23-18)29-14-7-8-17-20(12-14)30-22(26-17)25-16-5-3-4-6-19(16)27/h7-13,16H,3-6H2,1-2H3,(H,24,28)(H,25,26)/t16-/m1/s1. The van der Waals surface area contributed by atoms with E-state index >= 15 is 0 Å². The number of fused-ring (bicyclic) bond motifs is 1. The van der Waals surface area contributed by atoms with E-state index in [0.29, 0.717) is 23.6 Å². The van der Waals surface area contributed by atoms with Crippen LogP contribution in [0.25, 0.3) is 10.2 Å². The Labute approximate surface area is 178 Å². The predicted octanol–water partition coefficient (Wildman–Crippen LogP) is 4.55. The summed E-state index contributed by atoms with van der Waals surface area (Å²) in [6, 6.07) is 8.87. The van der Waals surface area contributed by atoms with Gasteiger partial charge in [0.25, 0.3) is 5.91 Å². The lowest BCUT2D eigenvalue weighted by molar-refractivity contribution is -0.121. The number of nitrogens with one attached hydrogen (secondary N) is 2. The minimum absolute atomic E-state index is 0.0318. The maximum absolute atomic E-state index is 12.2. The monoisotopic (exact) mass is 424 g/mol. The summed E-state index contributed by atoms with van der Waals surface area (Å²) in [5, 5.41) is 6.86. The highest BCUT2D eigenvalue weighted by Gasteiger charge is 2.23. The van der Waals surface area contributed by atoms with Crippen LogP contribution in [0.1, 0.15) is 50.0 Å². The fraction of sp³-hybridized carbons (Fsp3) is 0.364. The first-order valence-corrected chi connectivity index (χ1v) is 10.9. The molecule has 1 aromatic carbocycles. The Balaban J connectivity index is 1.49. The lowest BCUT2D eigenvalue weighted by atomic mass is 9.94. The third kappa shape index (κ3) is 4.76. The van der Waals surface area contributed by atoms with Crippen molar-refractivity contribution in [3.8, 4) is 11.5 Å². The first kappa shape index (κ1) is 20.3. The lowest BCUT2D eigenvalue weighted by Crippen LogP contribution is -2.32. The summed E-state index contributed by atoms with van der Waals surface area (Å²) in [5.74, 6) is 1.21. The van der Waals surface area contributed by atoms with E-state index in [-0.39, 0.29) is 23.8 Å². The summed E-state index contributed by atoms with van der Waals surface area (Å²) in [5.41, 5.74) is 1.16. The number of carbonyl (C=O) groups is 2. The molecule has 2 heterocycles. The van der Waals surface area contributed by atoms with Gasteiger partial charge in [-0.2, -0.15) is 0 Å². The molecular formula is C22H24N4O3S. The zero-order valence-electron chi connectivity index (χ0n) is 17.0. The number of hydrogen-bond donors (Lipinski definition) is 2. The van der Waals surface area contributed by atoms with Crippen LogP contribution in [0, 0.1) is 0 Å². The van der Waals surface area contributed by atoms with Gasteiger partial charge in [-0.1, -0.05) is 17.8 Å². The molecule has 0 bridgehead atoms. The quantitative estimate of drug-likeness (QED) is 0.603. The molecule has 0 unspecified atom stereocenters. The molecule has 2 aromatic heterocycles. The van der Waals surface area contributed by atoms with Crippen LogP contribution < -0.4 is 15.4 Å². The molecule has 4 rings (SSSR count). The molecule has 1 saturated carbocycles. The molecule has 1 aliphatic carbocycles. The van der Waals surface area contributed by atoms with Crippen LogP contribution in [-0.2, 0) is 4.79 Å². The largest absolute Gasteiger partial charge is 0.457 e. The fourth-order valence-electron chi connectivity index (χ4n) is 3.39. The molecule has 0 spiro atoms. The second kappa shape index (κ2) is 8.79. The summed E-state index contributed by atoms with van der Waals surface area (Å²) in [6.07, 6.45) is 5.10. The molecule has 1 aliphatic rings. The Bertz CT molecular complexity index is 1080. The number of ether oxygens (including phenoxy) is 1. The van der Waals surface area contributed by atoms with Gasteiger partial charge in [-0.15, -0.1) is 0 Å². The minimum Gasteiger partial charge on any atom is -0.457 e. The Kier molecular flexibility index (Phi) is 5.94. The van der Waals surface area contributed by atoms with E-state index in [9.17, 15) is 9.59 Å². The molecule has 0 aliphatic heterocycles. The second-order valence-electron chi connectivity index (χ2n) is 7.66. The van der Waals surface area contributed by atoms with Crippen LogP contribution in [0.2, 0.25) is 0 Å². The van der Waals surface area contributed by atoms with Crippen LogP contribution in [-0.4, -0.2) is 33.7 Å². The SMILES string of the molecule is CC(C)NC(=O)c1cc(Oc2ccc3nc(N[C@@H]4CCCCC4=O)sc3c2)ccn1.